The summed E-state index contributed by atoms with van der Waals surface area (Å²) in [5.74, 6) is 0. The van der Waals surface area contributed by atoms with E-state index in [2.05, 4.69) is 38.1 Å². The van der Waals surface area contributed by atoms with Crippen molar-refractivity contribution in [3.05, 3.63) is 34.4 Å². The lowest BCUT2D eigenvalue weighted by Gasteiger charge is -2.54. The van der Waals surface area contributed by atoms with Gasteiger partial charge < -0.3 is 0 Å². The lowest BCUT2D eigenvalue weighted by molar-refractivity contribution is 0.0303. The molecule has 0 N–H and O–H groups in total. The van der Waals surface area contributed by atoms with Crippen molar-refractivity contribution < 1.29 is 0 Å². The van der Waals surface area contributed by atoms with E-state index in [4.69, 9.17) is 0 Å². The minimum absolute atomic E-state index is 0.141. The van der Waals surface area contributed by atoms with Gasteiger partial charge in [0.25, 0.3) is 0 Å². The topological polar surface area (TPSA) is 47.6 Å². The van der Waals surface area contributed by atoms with Crippen molar-refractivity contribution in [3.63, 3.8) is 0 Å². The molecule has 0 amide bonds. The standard InChI is InChI=1S/C28H40N2/c1-3-5-7-8-10-14-27-15-18-28(19-16-27,20-17-27)26-13-12-23(11-9-6-4-2)24(21-29)25(26)22-30/h12-13H,3-11,14-20H2,1-2H3. The molecule has 0 spiro atoms. The van der Waals surface area contributed by atoms with Gasteiger partial charge in [-0.1, -0.05) is 70.9 Å². The highest BCUT2D eigenvalue weighted by atomic mass is 14.5. The molecule has 30 heavy (non-hydrogen) atoms. The molecule has 4 rings (SSSR count). The zero-order valence-corrected chi connectivity index (χ0v) is 19.4. The molecule has 162 valence electrons. The van der Waals surface area contributed by atoms with Crippen molar-refractivity contribution in [3.8, 4) is 12.1 Å². The summed E-state index contributed by atoms with van der Waals surface area (Å²) in [6.07, 6.45) is 20.2. The van der Waals surface area contributed by atoms with E-state index in [1.54, 1.807) is 0 Å². The molecule has 0 atom stereocenters. The molecule has 0 saturated heterocycles. The van der Waals surface area contributed by atoms with E-state index in [0.717, 1.165) is 18.4 Å². The van der Waals surface area contributed by atoms with Crippen molar-refractivity contribution in [2.75, 3.05) is 0 Å². The summed E-state index contributed by atoms with van der Waals surface area (Å²) in [4.78, 5) is 0. The van der Waals surface area contributed by atoms with E-state index in [9.17, 15) is 10.5 Å². The van der Waals surface area contributed by atoms with E-state index in [-0.39, 0.29) is 5.41 Å². The molecular formula is C28H40N2. The Morgan fingerprint density at radius 1 is 0.733 bits per heavy atom. The van der Waals surface area contributed by atoms with E-state index in [0.29, 0.717) is 16.5 Å². The van der Waals surface area contributed by atoms with Crippen LogP contribution in [0.5, 0.6) is 0 Å². The van der Waals surface area contributed by atoms with Crippen LogP contribution in [0.4, 0.5) is 0 Å². The first-order chi connectivity index (χ1) is 14.6. The fourth-order valence-corrected chi connectivity index (χ4v) is 6.25. The number of rotatable bonds is 11. The first-order valence-corrected chi connectivity index (χ1v) is 12.6. The molecule has 3 aliphatic carbocycles. The van der Waals surface area contributed by atoms with Gasteiger partial charge in [-0.05, 0) is 79.7 Å². The second kappa shape index (κ2) is 10.5. The third kappa shape index (κ3) is 4.75. The molecular weight excluding hydrogens is 364 g/mol. The number of fused-ring (bicyclic) bond motifs is 3. The molecule has 0 heterocycles. The third-order valence-corrected chi connectivity index (χ3v) is 8.35. The smallest absolute Gasteiger partial charge is 0.101 e. The number of hydrogen-bond acceptors (Lipinski definition) is 2. The zero-order chi connectivity index (χ0) is 21.5. The Hall–Kier alpha value is -1.80. The van der Waals surface area contributed by atoms with Gasteiger partial charge in [-0.3, -0.25) is 0 Å². The molecule has 2 bridgehead atoms. The van der Waals surface area contributed by atoms with Gasteiger partial charge in [0, 0.05) is 0 Å². The summed E-state index contributed by atoms with van der Waals surface area (Å²) in [7, 11) is 0. The van der Waals surface area contributed by atoms with Crippen LogP contribution in [0.15, 0.2) is 12.1 Å². The molecule has 2 nitrogen and oxygen atoms in total. The van der Waals surface area contributed by atoms with E-state index >= 15 is 0 Å². The van der Waals surface area contributed by atoms with Crippen LogP contribution < -0.4 is 0 Å². The van der Waals surface area contributed by atoms with E-state index in [1.807, 2.05) is 0 Å². The Morgan fingerprint density at radius 3 is 1.93 bits per heavy atom. The fourth-order valence-electron chi connectivity index (χ4n) is 6.25. The molecule has 1 aromatic rings. The Kier molecular flexibility index (Phi) is 7.99. The molecule has 0 aromatic heterocycles. The Balaban J connectivity index is 1.73. The predicted molar refractivity (Wildman–Crippen MR) is 124 cm³/mol. The molecule has 3 fully saturated rings. The monoisotopic (exact) mass is 404 g/mol. The maximum Gasteiger partial charge on any atom is 0.101 e. The van der Waals surface area contributed by atoms with Crippen molar-refractivity contribution in [2.24, 2.45) is 5.41 Å². The van der Waals surface area contributed by atoms with Gasteiger partial charge in [0.05, 0.1) is 11.1 Å². The minimum Gasteiger partial charge on any atom is -0.192 e. The van der Waals surface area contributed by atoms with E-state index in [1.165, 1.54) is 95.5 Å². The average Bonchev–Trinajstić information content (AvgIpc) is 2.79. The normalized spacial score (nSPS) is 25.1. The quantitative estimate of drug-likeness (QED) is 0.350. The highest BCUT2D eigenvalue weighted by Gasteiger charge is 2.49. The lowest BCUT2D eigenvalue weighted by atomic mass is 9.50. The zero-order valence-electron chi connectivity index (χ0n) is 19.4. The van der Waals surface area contributed by atoms with Crippen molar-refractivity contribution in [1.29, 1.82) is 10.5 Å². The Morgan fingerprint density at radius 2 is 1.33 bits per heavy atom. The summed E-state index contributed by atoms with van der Waals surface area (Å²) in [5.41, 5.74) is 4.34. The van der Waals surface area contributed by atoms with Gasteiger partial charge in [-0.2, -0.15) is 10.5 Å². The van der Waals surface area contributed by atoms with Gasteiger partial charge >= 0.3 is 0 Å². The number of aryl methyl sites for hydroxylation is 1. The summed E-state index contributed by atoms with van der Waals surface area (Å²) in [5, 5.41) is 19.9. The number of unbranched alkanes of at least 4 members (excludes halogenated alkanes) is 6. The summed E-state index contributed by atoms with van der Waals surface area (Å²) >= 11 is 0. The molecule has 2 heteroatoms. The molecule has 0 radical (unpaired) electrons. The maximum absolute atomic E-state index is 10.0. The first-order valence-electron chi connectivity index (χ1n) is 12.6. The van der Waals surface area contributed by atoms with Gasteiger partial charge in [-0.25, -0.2) is 0 Å². The third-order valence-electron chi connectivity index (χ3n) is 8.35. The van der Waals surface area contributed by atoms with Crippen LogP contribution >= 0.6 is 0 Å². The summed E-state index contributed by atoms with van der Waals surface area (Å²) in [6.45, 7) is 4.48. The average molecular weight is 405 g/mol. The second-order valence-electron chi connectivity index (χ2n) is 10.1. The first kappa shape index (κ1) is 22.9. The second-order valence-corrected chi connectivity index (χ2v) is 10.1. The van der Waals surface area contributed by atoms with Gasteiger partial charge in [0.2, 0.25) is 0 Å². The van der Waals surface area contributed by atoms with Gasteiger partial charge in [-0.15, -0.1) is 0 Å². The minimum atomic E-state index is 0.141. The molecule has 3 aliphatic rings. The number of nitrogens with zero attached hydrogens (tertiary/aromatic N) is 2. The van der Waals surface area contributed by atoms with Crippen LogP contribution in [0.25, 0.3) is 0 Å². The van der Waals surface area contributed by atoms with Crippen LogP contribution in [0, 0.1) is 28.1 Å². The largest absolute Gasteiger partial charge is 0.192 e. The molecule has 0 unspecified atom stereocenters. The van der Waals surface area contributed by atoms with Crippen molar-refractivity contribution in [2.45, 2.75) is 122 Å². The SMILES string of the molecule is CCCCCCCC12CCC(c3ccc(CCCCC)c(C#N)c3C#N)(CC1)CC2. The van der Waals surface area contributed by atoms with Crippen molar-refractivity contribution >= 4 is 0 Å². The highest BCUT2D eigenvalue weighted by Crippen LogP contribution is 2.60. The number of benzene rings is 1. The van der Waals surface area contributed by atoms with Gasteiger partial charge in [0.15, 0.2) is 0 Å². The Bertz CT molecular complexity index is 768. The Labute approximate surface area is 184 Å². The number of nitriles is 2. The van der Waals surface area contributed by atoms with Crippen LogP contribution in [0.1, 0.15) is 132 Å². The van der Waals surface area contributed by atoms with Crippen LogP contribution in [-0.2, 0) is 11.8 Å². The molecule has 3 saturated carbocycles. The summed E-state index contributed by atoms with van der Waals surface area (Å²) in [6, 6.07) is 9.26. The molecule has 1 aromatic carbocycles. The highest BCUT2D eigenvalue weighted by molar-refractivity contribution is 5.57. The van der Waals surface area contributed by atoms with Gasteiger partial charge in [0.1, 0.15) is 12.1 Å². The summed E-state index contributed by atoms with van der Waals surface area (Å²) < 4.78 is 0. The molecule has 0 aliphatic heterocycles. The lowest BCUT2D eigenvalue weighted by Crippen LogP contribution is -2.44. The fraction of sp³-hybridized carbons (Fsp3) is 0.714. The van der Waals surface area contributed by atoms with Crippen LogP contribution in [-0.4, -0.2) is 0 Å². The van der Waals surface area contributed by atoms with Crippen LogP contribution in [0.3, 0.4) is 0 Å². The maximum atomic E-state index is 10.0. The number of hydrogen-bond donors (Lipinski definition) is 0. The predicted octanol–water partition coefficient (Wildman–Crippen LogP) is 8.12. The van der Waals surface area contributed by atoms with Crippen LogP contribution in [0.2, 0.25) is 0 Å². The van der Waals surface area contributed by atoms with E-state index < -0.39 is 0 Å². The van der Waals surface area contributed by atoms with Crippen molar-refractivity contribution in [1.82, 2.24) is 0 Å².